The summed E-state index contributed by atoms with van der Waals surface area (Å²) in [7, 11) is -1.15. The Hall–Kier alpha value is -1.40. The van der Waals surface area contributed by atoms with Crippen LogP contribution in [0.4, 0.5) is 10.5 Å². The van der Waals surface area contributed by atoms with E-state index in [2.05, 4.69) is 5.32 Å². The summed E-state index contributed by atoms with van der Waals surface area (Å²) >= 11 is 0. The zero-order valence-electron chi connectivity index (χ0n) is 10.8. The predicted octanol–water partition coefficient (Wildman–Crippen LogP) is 1.41. The summed E-state index contributed by atoms with van der Waals surface area (Å²) in [5.41, 5.74) is 0.563. The second-order valence-corrected chi connectivity index (χ2v) is 5.97. The number of rotatable bonds is 2. The van der Waals surface area contributed by atoms with Gasteiger partial charge in [-0.25, -0.2) is 4.79 Å². The topological polar surface area (TPSA) is 69.6 Å². The van der Waals surface area contributed by atoms with Gasteiger partial charge in [-0.05, 0) is 25.0 Å². The van der Waals surface area contributed by atoms with Crippen molar-refractivity contribution in [1.29, 1.82) is 0 Å². The Bertz CT molecular complexity index is 493. The molecule has 1 aromatic carbocycles. The summed E-state index contributed by atoms with van der Waals surface area (Å²) in [5, 5.41) is 12.3. The van der Waals surface area contributed by atoms with Crippen molar-refractivity contribution in [2.24, 2.45) is 0 Å². The third-order valence-corrected chi connectivity index (χ3v) is 4.10. The Morgan fingerprint density at radius 1 is 1.47 bits per heavy atom. The highest BCUT2D eigenvalue weighted by Crippen LogP contribution is 2.19. The number of nitrogens with one attached hydrogen (secondary N) is 1. The molecule has 0 unspecified atom stereocenters. The highest BCUT2D eigenvalue weighted by Gasteiger charge is 2.22. The molecule has 1 heterocycles. The van der Waals surface area contributed by atoms with Crippen molar-refractivity contribution < 1.29 is 14.1 Å². The fraction of sp³-hybridized carbons (Fsp3) is 0.462. The Labute approximate surface area is 115 Å². The SMILES string of the molecule is C[S@](=O)c1ccccc1NC(=O)N1CCC[C@H](O)C1. The van der Waals surface area contributed by atoms with Crippen LogP contribution in [-0.4, -0.2) is 45.7 Å². The molecule has 1 saturated heterocycles. The molecule has 0 aromatic heterocycles. The molecule has 104 valence electrons. The minimum atomic E-state index is -1.15. The summed E-state index contributed by atoms with van der Waals surface area (Å²) in [6.07, 6.45) is 2.67. The van der Waals surface area contributed by atoms with Crippen LogP contribution in [0.1, 0.15) is 12.8 Å². The van der Waals surface area contributed by atoms with Gasteiger partial charge in [0.25, 0.3) is 0 Å². The monoisotopic (exact) mass is 282 g/mol. The highest BCUT2D eigenvalue weighted by molar-refractivity contribution is 7.84. The number of anilines is 1. The van der Waals surface area contributed by atoms with Crippen LogP contribution in [0, 0.1) is 0 Å². The first-order valence-electron chi connectivity index (χ1n) is 6.24. The molecule has 1 aliphatic heterocycles. The summed E-state index contributed by atoms with van der Waals surface area (Å²) in [6.45, 7) is 0.990. The molecule has 1 aromatic rings. The van der Waals surface area contributed by atoms with Gasteiger partial charge in [0.05, 0.1) is 27.5 Å². The number of amides is 2. The van der Waals surface area contributed by atoms with Gasteiger partial charge in [-0.2, -0.15) is 0 Å². The molecule has 0 aliphatic carbocycles. The third kappa shape index (κ3) is 3.54. The zero-order chi connectivity index (χ0) is 13.8. The molecule has 2 N–H and O–H groups in total. The van der Waals surface area contributed by atoms with E-state index in [4.69, 9.17) is 0 Å². The number of aliphatic hydroxyl groups excluding tert-OH is 1. The molecule has 0 saturated carbocycles. The molecular formula is C13H18N2O3S. The van der Waals surface area contributed by atoms with E-state index >= 15 is 0 Å². The molecule has 2 amide bonds. The van der Waals surface area contributed by atoms with Crippen molar-refractivity contribution in [3.8, 4) is 0 Å². The molecule has 0 spiro atoms. The first-order valence-corrected chi connectivity index (χ1v) is 7.80. The van der Waals surface area contributed by atoms with E-state index in [9.17, 15) is 14.1 Å². The average Bonchev–Trinajstić information content (AvgIpc) is 2.39. The number of benzene rings is 1. The van der Waals surface area contributed by atoms with Crippen molar-refractivity contribution in [2.45, 2.75) is 23.8 Å². The maximum absolute atomic E-state index is 12.1. The Morgan fingerprint density at radius 2 is 2.21 bits per heavy atom. The second kappa shape index (κ2) is 6.16. The molecule has 1 fully saturated rings. The predicted molar refractivity (Wildman–Crippen MR) is 74.6 cm³/mol. The molecule has 2 atom stereocenters. The van der Waals surface area contributed by atoms with E-state index in [0.717, 1.165) is 12.8 Å². The minimum absolute atomic E-state index is 0.253. The van der Waals surface area contributed by atoms with Crippen molar-refractivity contribution >= 4 is 22.5 Å². The van der Waals surface area contributed by atoms with E-state index in [-0.39, 0.29) is 6.03 Å². The third-order valence-electron chi connectivity index (χ3n) is 3.12. The standard InChI is InChI=1S/C13H18N2O3S/c1-19(18)12-7-3-2-6-11(12)14-13(17)15-8-4-5-10(16)9-15/h2-3,6-7,10,16H,4-5,8-9H2,1H3,(H,14,17)/t10-,19-/m0/s1. The van der Waals surface area contributed by atoms with Crippen molar-refractivity contribution in [3.63, 3.8) is 0 Å². The number of carbonyl (C=O) groups is 1. The quantitative estimate of drug-likeness (QED) is 0.861. The van der Waals surface area contributed by atoms with Gasteiger partial charge >= 0.3 is 6.03 Å². The van der Waals surface area contributed by atoms with Crippen LogP contribution in [-0.2, 0) is 10.8 Å². The van der Waals surface area contributed by atoms with Crippen LogP contribution in [0.5, 0.6) is 0 Å². The maximum Gasteiger partial charge on any atom is 0.321 e. The van der Waals surface area contributed by atoms with E-state index in [1.54, 1.807) is 35.4 Å². The molecule has 2 rings (SSSR count). The summed E-state index contributed by atoms with van der Waals surface area (Å²) in [6, 6.07) is 6.79. The van der Waals surface area contributed by atoms with Crippen LogP contribution in [0.2, 0.25) is 0 Å². The largest absolute Gasteiger partial charge is 0.391 e. The molecule has 1 aliphatic rings. The number of likely N-dealkylation sites (tertiary alicyclic amines) is 1. The fourth-order valence-corrected chi connectivity index (χ4v) is 2.85. The molecular weight excluding hydrogens is 264 g/mol. The molecule has 5 nitrogen and oxygen atoms in total. The first kappa shape index (κ1) is 14.0. The Morgan fingerprint density at radius 3 is 2.89 bits per heavy atom. The minimum Gasteiger partial charge on any atom is -0.391 e. The second-order valence-electron chi connectivity index (χ2n) is 4.62. The zero-order valence-corrected chi connectivity index (χ0v) is 11.7. The Balaban J connectivity index is 2.08. The van der Waals surface area contributed by atoms with Gasteiger partial charge in [0.1, 0.15) is 0 Å². The summed E-state index contributed by atoms with van der Waals surface area (Å²) in [4.78, 5) is 14.3. The Kier molecular flexibility index (Phi) is 4.55. The maximum atomic E-state index is 12.1. The van der Waals surface area contributed by atoms with E-state index in [1.807, 2.05) is 0 Å². The van der Waals surface area contributed by atoms with E-state index in [0.29, 0.717) is 23.7 Å². The molecule has 19 heavy (non-hydrogen) atoms. The molecule has 0 bridgehead atoms. The van der Waals surface area contributed by atoms with Crippen LogP contribution in [0.15, 0.2) is 29.2 Å². The van der Waals surface area contributed by atoms with E-state index < -0.39 is 16.9 Å². The van der Waals surface area contributed by atoms with Gasteiger partial charge in [0, 0.05) is 19.3 Å². The first-order chi connectivity index (χ1) is 9.08. The van der Waals surface area contributed by atoms with E-state index in [1.165, 1.54) is 0 Å². The van der Waals surface area contributed by atoms with Gasteiger partial charge in [-0.3, -0.25) is 4.21 Å². The lowest BCUT2D eigenvalue weighted by atomic mass is 10.1. The summed E-state index contributed by atoms with van der Waals surface area (Å²) in [5.74, 6) is 0. The number of β-amino-alcohol motifs (C(OH)–C–C–N with tert-alkyl or cyclic N) is 1. The smallest absolute Gasteiger partial charge is 0.321 e. The number of aliphatic hydroxyl groups is 1. The van der Waals surface area contributed by atoms with Gasteiger partial charge in [0.15, 0.2) is 0 Å². The number of hydrogen-bond acceptors (Lipinski definition) is 3. The fourth-order valence-electron chi connectivity index (χ4n) is 2.15. The number of hydrogen-bond donors (Lipinski definition) is 2. The normalized spacial score (nSPS) is 20.9. The van der Waals surface area contributed by atoms with Crippen LogP contribution >= 0.6 is 0 Å². The van der Waals surface area contributed by atoms with Gasteiger partial charge in [-0.15, -0.1) is 0 Å². The van der Waals surface area contributed by atoms with Crippen LogP contribution in [0.25, 0.3) is 0 Å². The van der Waals surface area contributed by atoms with Gasteiger partial charge in [0.2, 0.25) is 0 Å². The van der Waals surface area contributed by atoms with Crippen LogP contribution in [0.3, 0.4) is 0 Å². The molecule has 6 heteroatoms. The lowest BCUT2D eigenvalue weighted by molar-refractivity contribution is 0.0883. The van der Waals surface area contributed by atoms with Gasteiger partial charge in [-0.1, -0.05) is 12.1 Å². The highest BCUT2D eigenvalue weighted by atomic mass is 32.2. The number of piperidine rings is 1. The average molecular weight is 282 g/mol. The number of carbonyl (C=O) groups excluding carboxylic acids is 1. The number of urea groups is 1. The van der Waals surface area contributed by atoms with Gasteiger partial charge < -0.3 is 15.3 Å². The van der Waals surface area contributed by atoms with Crippen molar-refractivity contribution in [2.75, 3.05) is 24.7 Å². The summed E-state index contributed by atoms with van der Waals surface area (Å²) < 4.78 is 11.6. The van der Waals surface area contributed by atoms with Crippen molar-refractivity contribution in [1.82, 2.24) is 4.90 Å². The lowest BCUT2D eigenvalue weighted by Gasteiger charge is -2.30. The number of nitrogens with zero attached hydrogens (tertiary/aromatic N) is 1. The van der Waals surface area contributed by atoms with Crippen LogP contribution < -0.4 is 5.32 Å². The lowest BCUT2D eigenvalue weighted by Crippen LogP contribution is -2.44. The molecule has 0 radical (unpaired) electrons. The number of para-hydroxylation sites is 1. The van der Waals surface area contributed by atoms with Crippen molar-refractivity contribution in [3.05, 3.63) is 24.3 Å².